The lowest BCUT2D eigenvalue weighted by atomic mass is 9.94. The number of benzene rings is 1. The molecule has 0 spiro atoms. The molecular weight excluding hydrogens is 260 g/mol. The molecule has 0 saturated carbocycles. The lowest BCUT2D eigenvalue weighted by Crippen LogP contribution is -2.32. The summed E-state index contributed by atoms with van der Waals surface area (Å²) in [4.78, 5) is 2.35. The van der Waals surface area contributed by atoms with E-state index < -0.39 is 0 Å². The fraction of sp³-hybridized carbons (Fsp3) is 0.471. The van der Waals surface area contributed by atoms with E-state index in [1.165, 1.54) is 11.3 Å². The minimum Gasteiger partial charge on any atom is -0.394 e. The number of hydrogen-bond acceptors (Lipinski definition) is 3. The maximum absolute atomic E-state index is 6.35. The summed E-state index contributed by atoms with van der Waals surface area (Å²) in [6, 6.07) is 8.91. The van der Waals surface area contributed by atoms with Crippen molar-refractivity contribution in [1.29, 1.82) is 0 Å². The Bertz CT molecular complexity index is 657. The van der Waals surface area contributed by atoms with Crippen LogP contribution in [0.15, 0.2) is 24.3 Å². The van der Waals surface area contributed by atoms with E-state index in [1.807, 2.05) is 6.92 Å². The Morgan fingerprint density at radius 3 is 2.71 bits per heavy atom. The summed E-state index contributed by atoms with van der Waals surface area (Å²) < 4.78 is 2.06. The monoisotopic (exact) mass is 284 g/mol. The van der Waals surface area contributed by atoms with Crippen molar-refractivity contribution in [2.75, 3.05) is 17.2 Å². The summed E-state index contributed by atoms with van der Waals surface area (Å²) >= 11 is 0. The van der Waals surface area contributed by atoms with Crippen LogP contribution in [0.2, 0.25) is 0 Å². The third-order valence-electron chi connectivity index (χ3n) is 4.20. The van der Waals surface area contributed by atoms with Gasteiger partial charge < -0.3 is 10.6 Å². The Hall–Kier alpha value is -1.97. The van der Waals surface area contributed by atoms with E-state index in [0.29, 0.717) is 12.0 Å². The highest BCUT2D eigenvalue weighted by Crippen LogP contribution is 2.39. The molecule has 4 heteroatoms. The minimum absolute atomic E-state index is 0.292. The van der Waals surface area contributed by atoms with Crippen LogP contribution in [-0.2, 0) is 6.42 Å². The normalized spacial score (nSPS) is 18.1. The Morgan fingerprint density at radius 1 is 1.29 bits per heavy atom. The predicted octanol–water partition coefficient (Wildman–Crippen LogP) is 3.68. The fourth-order valence-electron chi connectivity index (χ4n) is 3.17. The van der Waals surface area contributed by atoms with Crippen LogP contribution in [0.25, 0.3) is 0 Å². The zero-order valence-electron chi connectivity index (χ0n) is 13.3. The number of nitrogens with two attached hydrogens (primary N) is 1. The summed E-state index contributed by atoms with van der Waals surface area (Å²) in [6.07, 6.45) is 1.13. The first-order valence-corrected chi connectivity index (χ1v) is 7.69. The van der Waals surface area contributed by atoms with Crippen LogP contribution in [0.4, 0.5) is 17.2 Å². The number of anilines is 3. The molecule has 112 valence electrons. The molecule has 1 atom stereocenters. The van der Waals surface area contributed by atoms with Crippen molar-refractivity contribution in [3.63, 3.8) is 0 Å². The molecule has 0 amide bonds. The van der Waals surface area contributed by atoms with Crippen molar-refractivity contribution >= 4 is 17.2 Å². The van der Waals surface area contributed by atoms with Gasteiger partial charge in [-0.05, 0) is 44.7 Å². The lowest BCUT2D eigenvalue weighted by molar-refractivity contribution is 0.508. The molecule has 0 aliphatic carbocycles. The predicted molar refractivity (Wildman–Crippen MR) is 88.1 cm³/mol. The number of para-hydroxylation sites is 1. The van der Waals surface area contributed by atoms with Gasteiger partial charge in [-0.25, -0.2) is 4.68 Å². The van der Waals surface area contributed by atoms with Gasteiger partial charge in [0.1, 0.15) is 0 Å². The Labute approximate surface area is 126 Å². The molecule has 1 unspecified atom stereocenters. The van der Waals surface area contributed by atoms with Gasteiger partial charge in [-0.2, -0.15) is 5.10 Å². The van der Waals surface area contributed by atoms with Crippen molar-refractivity contribution in [2.45, 2.75) is 40.2 Å². The lowest BCUT2D eigenvalue weighted by Gasteiger charge is -2.35. The van der Waals surface area contributed by atoms with E-state index in [4.69, 9.17) is 5.73 Å². The van der Waals surface area contributed by atoms with Crippen LogP contribution in [-0.4, -0.2) is 16.3 Å². The van der Waals surface area contributed by atoms with E-state index in [0.717, 1.165) is 30.2 Å². The van der Waals surface area contributed by atoms with E-state index in [-0.39, 0.29) is 0 Å². The topological polar surface area (TPSA) is 47.1 Å². The van der Waals surface area contributed by atoms with E-state index in [1.54, 1.807) is 0 Å². The first kappa shape index (κ1) is 14.0. The molecule has 1 aromatic heterocycles. The van der Waals surface area contributed by atoms with Crippen molar-refractivity contribution in [1.82, 2.24) is 9.78 Å². The summed E-state index contributed by atoms with van der Waals surface area (Å²) in [7, 11) is 0. The number of rotatable bonds is 2. The first-order chi connectivity index (χ1) is 9.99. The molecule has 2 heterocycles. The molecule has 2 N–H and O–H groups in total. The van der Waals surface area contributed by atoms with Gasteiger partial charge in [-0.3, -0.25) is 0 Å². The second-order valence-electron chi connectivity index (χ2n) is 6.41. The third kappa shape index (κ3) is 2.28. The fourth-order valence-corrected chi connectivity index (χ4v) is 3.17. The molecule has 0 saturated heterocycles. The highest BCUT2D eigenvalue weighted by Gasteiger charge is 2.28. The van der Waals surface area contributed by atoms with Crippen LogP contribution in [0.3, 0.4) is 0 Å². The molecule has 1 aliphatic rings. The molecule has 0 radical (unpaired) electrons. The van der Waals surface area contributed by atoms with E-state index >= 15 is 0 Å². The summed E-state index contributed by atoms with van der Waals surface area (Å²) in [5.74, 6) is 1.65. The van der Waals surface area contributed by atoms with Gasteiger partial charge in [-0.15, -0.1) is 0 Å². The highest BCUT2D eigenvalue weighted by molar-refractivity contribution is 5.76. The zero-order chi connectivity index (χ0) is 15.1. The molecule has 4 nitrogen and oxygen atoms in total. The molecule has 0 fully saturated rings. The van der Waals surface area contributed by atoms with Gasteiger partial charge in [-0.1, -0.05) is 25.1 Å². The highest BCUT2D eigenvalue weighted by atomic mass is 15.4. The molecule has 1 aliphatic heterocycles. The van der Waals surface area contributed by atoms with Gasteiger partial charge in [0.25, 0.3) is 0 Å². The number of hydrogen-bond donors (Lipinski definition) is 1. The molecule has 21 heavy (non-hydrogen) atoms. The number of nitrogen functional groups attached to an aromatic ring is 1. The zero-order valence-corrected chi connectivity index (χ0v) is 13.3. The second-order valence-corrected chi connectivity index (χ2v) is 6.41. The standard InChI is InChI=1S/C17H24N4/c1-11(2)21-17(16(18)13(4)19-21)20-10-12(3)9-14-7-5-6-8-15(14)20/h5-8,11-12H,9-10,18H2,1-4H3. The van der Waals surface area contributed by atoms with Crippen molar-refractivity contribution in [3.05, 3.63) is 35.5 Å². The average molecular weight is 284 g/mol. The molecular formula is C17H24N4. The average Bonchev–Trinajstić information content (AvgIpc) is 2.74. The molecule has 1 aromatic carbocycles. The number of aromatic nitrogens is 2. The summed E-state index contributed by atoms with van der Waals surface area (Å²) in [5, 5.41) is 4.63. The van der Waals surface area contributed by atoms with Crippen molar-refractivity contribution in [3.8, 4) is 0 Å². The van der Waals surface area contributed by atoms with Gasteiger partial charge in [0.2, 0.25) is 0 Å². The largest absolute Gasteiger partial charge is 0.394 e. The number of nitrogens with zero attached hydrogens (tertiary/aromatic N) is 3. The van der Waals surface area contributed by atoms with Gasteiger partial charge >= 0.3 is 0 Å². The third-order valence-corrected chi connectivity index (χ3v) is 4.20. The molecule has 3 rings (SSSR count). The Balaban J connectivity index is 2.17. The minimum atomic E-state index is 0.292. The number of fused-ring (bicyclic) bond motifs is 1. The summed E-state index contributed by atoms with van der Waals surface area (Å²) in [6.45, 7) is 9.56. The van der Waals surface area contributed by atoms with Crippen LogP contribution in [0.5, 0.6) is 0 Å². The summed E-state index contributed by atoms with van der Waals surface area (Å²) in [5.41, 5.74) is 10.7. The molecule has 2 aromatic rings. The van der Waals surface area contributed by atoms with E-state index in [2.05, 4.69) is 59.7 Å². The molecule has 0 bridgehead atoms. The second kappa shape index (κ2) is 5.10. The Morgan fingerprint density at radius 2 is 2.00 bits per heavy atom. The number of aryl methyl sites for hydroxylation is 1. The van der Waals surface area contributed by atoms with Crippen LogP contribution in [0.1, 0.15) is 38.1 Å². The van der Waals surface area contributed by atoms with Gasteiger partial charge in [0.15, 0.2) is 5.82 Å². The van der Waals surface area contributed by atoms with Crippen LogP contribution < -0.4 is 10.6 Å². The van der Waals surface area contributed by atoms with E-state index in [9.17, 15) is 0 Å². The van der Waals surface area contributed by atoms with Gasteiger partial charge in [0, 0.05) is 18.3 Å². The van der Waals surface area contributed by atoms with Crippen molar-refractivity contribution in [2.24, 2.45) is 5.92 Å². The van der Waals surface area contributed by atoms with Crippen LogP contribution >= 0.6 is 0 Å². The quantitative estimate of drug-likeness (QED) is 0.915. The van der Waals surface area contributed by atoms with Crippen molar-refractivity contribution < 1.29 is 0 Å². The smallest absolute Gasteiger partial charge is 0.155 e. The maximum Gasteiger partial charge on any atom is 0.155 e. The Kier molecular flexibility index (Phi) is 3.40. The maximum atomic E-state index is 6.35. The van der Waals surface area contributed by atoms with Crippen LogP contribution in [0, 0.1) is 12.8 Å². The first-order valence-electron chi connectivity index (χ1n) is 7.69. The van der Waals surface area contributed by atoms with Gasteiger partial charge in [0.05, 0.1) is 11.4 Å². The SMILES string of the molecule is Cc1nn(C(C)C)c(N2CC(C)Cc3ccccc32)c1N.